The van der Waals surface area contributed by atoms with Crippen molar-refractivity contribution >= 4 is 17.6 Å². The van der Waals surface area contributed by atoms with Crippen molar-refractivity contribution in [1.29, 1.82) is 0 Å². The summed E-state index contributed by atoms with van der Waals surface area (Å²) in [6.45, 7) is 2.27. The molecule has 2 aliphatic rings. The summed E-state index contributed by atoms with van der Waals surface area (Å²) >= 11 is 0. The first-order chi connectivity index (χ1) is 17.1. The first-order valence-corrected chi connectivity index (χ1v) is 12.0. The van der Waals surface area contributed by atoms with E-state index in [1.165, 1.54) is 12.1 Å². The summed E-state index contributed by atoms with van der Waals surface area (Å²) in [6.07, 6.45) is 7.21. The number of carbonyl (C=O) groups excluding carboxylic acids is 2. The summed E-state index contributed by atoms with van der Waals surface area (Å²) in [4.78, 5) is 36.4. The molecule has 0 unspecified atom stereocenters. The smallest absolute Gasteiger partial charge is 0.242 e. The van der Waals surface area contributed by atoms with Crippen molar-refractivity contribution in [2.45, 2.75) is 32.2 Å². The summed E-state index contributed by atoms with van der Waals surface area (Å²) in [6, 6.07) is 9.73. The Morgan fingerprint density at radius 1 is 1.03 bits per heavy atom. The third-order valence-electron chi connectivity index (χ3n) is 6.64. The molecule has 0 atom stereocenters. The Labute approximate surface area is 203 Å². The number of hydrogen-bond acceptors (Lipinski definition) is 5. The molecular weight excluding hydrogens is 449 g/mol. The highest BCUT2D eigenvalue weighted by molar-refractivity contribution is 5.92. The molecule has 1 aliphatic heterocycles. The number of ether oxygens (including phenoxy) is 1. The lowest BCUT2D eigenvalue weighted by atomic mass is 10.0. The summed E-state index contributed by atoms with van der Waals surface area (Å²) in [5, 5.41) is 2.95. The Balaban J connectivity index is 1.48. The molecule has 0 bridgehead atoms. The average Bonchev–Trinajstić information content (AvgIpc) is 3.56. The second-order valence-corrected chi connectivity index (χ2v) is 8.97. The molecule has 1 saturated carbocycles. The zero-order valence-electron chi connectivity index (χ0n) is 19.5. The maximum atomic E-state index is 13.6. The molecule has 182 valence electrons. The Morgan fingerprint density at radius 3 is 2.51 bits per heavy atom. The van der Waals surface area contributed by atoms with Crippen LogP contribution in [0.15, 0.2) is 48.9 Å². The number of halogens is 1. The summed E-state index contributed by atoms with van der Waals surface area (Å²) in [7, 11) is 0. The van der Waals surface area contributed by atoms with E-state index < -0.39 is 0 Å². The van der Waals surface area contributed by atoms with Crippen LogP contribution in [-0.2, 0) is 20.9 Å². The number of morpholine rings is 1. The number of amides is 2. The molecule has 5 rings (SSSR count). The Hall–Kier alpha value is -3.59. The fourth-order valence-corrected chi connectivity index (χ4v) is 4.74. The first kappa shape index (κ1) is 23.2. The summed E-state index contributed by atoms with van der Waals surface area (Å²) in [5.74, 6) is 0.102. The van der Waals surface area contributed by atoms with Crippen LogP contribution in [0.5, 0.6) is 0 Å². The van der Waals surface area contributed by atoms with Gasteiger partial charge in [0.2, 0.25) is 11.8 Å². The maximum Gasteiger partial charge on any atom is 0.242 e. The number of imidazole rings is 1. The van der Waals surface area contributed by atoms with Gasteiger partial charge in [0.15, 0.2) is 0 Å². The van der Waals surface area contributed by atoms with Gasteiger partial charge in [-0.2, -0.15) is 0 Å². The van der Waals surface area contributed by atoms with Crippen molar-refractivity contribution in [3.63, 3.8) is 0 Å². The molecule has 3 heterocycles. The molecule has 2 fully saturated rings. The first-order valence-electron chi connectivity index (χ1n) is 12.0. The molecule has 1 N–H and O–H groups in total. The monoisotopic (exact) mass is 477 g/mol. The third-order valence-corrected chi connectivity index (χ3v) is 6.64. The molecule has 9 heteroatoms. The molecule has 1 aliphatic carbocycles. The van der Waals surface area contributed by atoms with Crippen LogP contribution in [0, 0.1) is 11.7 Å². The Bertz CT molecular complexity index is 1200. The molecule has 3 aromatic rings. The standard InChI is InChI=1S/C26H28FN5O3/c27-21-7-5-18(6-8-21)24-25(32(17-29-24)16-23(33)31-11-13-35-14-12-31)20-9-10-28-22(15-20)30-26(34)19-3-1-2-4-19/h5-10,15,17,19H,1-4,11-14,16H2,(H,28,30,34). The summed E-state index contributed by atoms with van der Waals surface area (Å²) < 4.78 is 20.7. The van der Waals surface area contributed by atoms with E-state index in [0.29, 0.717) is 43.5 Å². The SMILES string of the molecule is O=C(Nc1cc(-c2c(-c3ccc(F)cc3)ncn2CC(=O)N2CCOCC2)ccn1)C1CCCC1. The Morgan fingerprint density at radius 2 is 1.77 bits per heavy atom. The molecule has 35 heavy (non-hydrogen) atoms. The lowest BCUT2D eigenvalue weighted by Gasteiger charge is -2.27. The van der Waals surface area contributed by atoms with Gasteiger partial charge in [-0.05, 0) is 49.2 Å². The van der Waals surface area contributed by atoms with Gasteiger partial charge in [0, 0.05) is 36.3 Å². The number of nitrogens with zero attached hydrogens (tertiary/aromatic N) is 4. The van der Waals surface area contributed by atoms with Gasteiger partial charge in [0.1, 0.15) is 18.2 Å². The van der Waals surface area contributed by atoms with Crippen LogP contribution in [-0.4, -0.2) is 57.6 Å². The van der Waals surface area contributed by atoms with E-state index in [9.17, 15) is 14.0 Å². The highest BCUT2D eigenvalue weighted by atomic mass is 19.1. The van der Waals surface area contributed by atoms with Gasteiger partial charge in [0.05, 0.1) is 30.9 Å². The van der Waals surface area contributed by atoms with Gasteiger partial charge in [-0.1, -0.05) is 12.8 Å². The Kier molecular flexibility index (Phi) is 6.85. The molecule has 1 saturated heterocycles. The van der Waals surface area contributed by atoms with Crippen molar-refractivity contribution in [3.05, 3.63) is 54.7 Å². The maximum absolute atomic E-state index is 13.6. The van der Waals surface area contributed by atoms with Crippen LogP contribution in [0.1, 0.15) is 25.7 Å². The van der Waals surface area contributed by atoms with Gasteiger partial charge in [-0.25, -0.2) is 14.4 Å². The lowest BCUT2D eigenvalue weighted by molar-refractivity contribution is -0.135. The predicted molar refractivity (Wildman–Crippen MR) is 129 cm³/mol. The van der Waals surface area contributed by atoms with Gasteiger partial charge in [-0.15, -0.1) is 0 Å². The number of pyridine rings is 1. The van der Waals surface area contributed by atoms with Crippen LogP contribution >= 0.6 is 0 Å². The number of anilines is 1. The number of rotatable bonds is 6. The molecular formula is C26H28FN5O3. The summed E-state index contributed by atoms with van der Waals surface area (Å²) in [5.41, 5.74) is 2.82. The molecule has 2 aromatic heterocycles. The van der Waals surface area contributed by atoms with Crippen LogP contribution < -0.4 is 5.32 Å². The fourth-order valence-electron chi connectivity index (χ4n) is 4.74. The van der Waals surface area contributed by atoms with E-state index in [1.54, 1.807) is 40.2 Å². The predicted octanol–water partition coefficient (Wildman–Crippen LogP) is 3.74. The van der Waals surface area contributed by atoms with E-state index in [-0.39, 0.29) is 30.1 Å². The fraction of sp³-hybridized carbons (Fsp3) is 0.385. The largest absolute Gasteiger partial charge is 0.378 e. The number of nitrogens with one attached hydrogen (secondary N) is 1. The van der Waals surface area contributed by atoms with E-state index in [0.717, 1.165) is 36.8 Å². The van der Waals surface area contributed by atoms with E-state index in [2.05, 4.69) is 15.3 Å². The van der Waals surface area contributed by atoms with Crippen molar-refractivity contribution in [2.75, 3.05) is 31.6 Å². The number of carbonyl (C=O) groups is 2. The number of benzene rings is 1. The zero-order valence-corrected chi connectivity index (χ0v) is 19.5. The minimum Gasteiger partial charge on any atom is -0.378 e. The van der Waals surface area contributed by atoms with Crippen LogP contribution in [0.3, 0.4) is 0 Å². The molecule has 8 nitrogen and oxygen atoms in total. The highest BCUT2D eigenvalue weighted by Gasteiger charge is 2.24. The average molecular weight is 478 g/mol. The molecule has 2 amide bonds. The number of hydrogen-bond donors (Lipinski definition) is 1. The second-order valence-electron chi connectivity index (χ2n) is 8.97. The van der Waals surface area contributed by atoms with E-state index >= 15 is 0 Å². The molecule has 0 spiro atoms. The van der Waals surface area contributed by atoms with Crippen molar-refractivity contribution in [2.24, 2.45) is 5.92 Å². The minimum absolute atomic E-state index is 0.0121. The molecule has 0 radical (unpaired) electrons. The van der Waals surface area contributed by atoms with Crippen molar-refractivity contribution < 1.29 is 18.7 Å². The lowest BCUT2D eigenvalue weighted by Crippen LogP contribution is -2.42. The number of aromatic nitrogens is 3. The zero-order chi connectivity index (χ0) is 24.2. The topological polar surface area (TPSA) is 89.4 Å². The van der Waals surface area contributed by atoms with E-state index in [4.69, 9.17) is 4.74 Å². The second kappa shape index (κ2) is 10.4. The van der Waals surface area contributed by atoms with E-state index in [1.807, 2.05) is 6.07 Å². The third kappa shape index (κ3) is 5.24. The van der Waals surface area contributed by atoms with Crippen LogP contribution in [0.2, 0.25) is 0 Å². The van der Waals surface area contributed by atoms with Gasteiger partial charge in [0.25, 0.3) is 0 Å². The molecule has 1 aromatic carbocycles. The van der Waals surface area contributed by atoms with Crippen molar-refractivity contribution in [1.82, 2.24) is 19.4 Å². The highest BCUT2D eigenvalue weighted by Crippen LogP contribution is 2.33. The van der Waals surface area contributed by atoms with Crippen LogP contribution in [0.4, 0.5) is 10.2 Å². The normalized spacial score (nSPS) is 16.4. The van der Waals surface area contributed by atoms with Gasteiger partial charge < -0.3 is 19.5 Å². The quantitative estimate of drug-likeness (QED) is 0.584. The van der Waals surface area contributed by atoms with Crippen LogP contribution in [0.25, 0.3) is 22.5 Å². The minimum atomic E-state index is -0.335. The van der Waals surface area contributed by atoms with Crippen molar-refractivity contribution in [3.8, 4) is 22.5 Å². The van der Waals surface area contributed by atoms with Gasteiger partial charge >= 0.3 is 0 Å². The van der Waals surface area contributed by atoms with Gasteiger partial charge in [-0.3, -0.25) is 9.59 Å².